The highest BCUT2D eigenvalue weighted by molar-refractivity contribution is 5.87. The predicted octanol–water partition coefficient (Wildman–Crippen LogP) is -1.10. The first kappa shape index (κ1) is 13.1. The van der Waals surface area contributed by atoms with E-state index < -0.39 is 6.03 Å². The van der Waals surface area contributed by atoms with Crippen LogP contribution >= 0.6 is 0 Å². The molecule has 1 heterocycles. The molecule has 0 radical (unpaired) electrons. The summed E-state index contributed by atoms with van der Waals surface area (Å²) in [7, 11) is 0. The summed E-state index contributed by atoms with van der Waals surface area (Å²) in [5.74, 6) is 0.248. The minimum atomic E-state index is -0.447. The molecule has 0 aliphatic carbocycles. The van der Waals surface area contributed by atoms with Gasteiger partial charge in [-0.25, -0.2) is 9.89 Å². The fourth-order valence-electron chi connectivity index (χ4n) is 0.978. The third-order valence-electron chi connectivity index (χ3n) is 1.69. The van der Waals surface area contributed by atoms with Gasteiger partial charge in [0.15, 0.2) is 5.82 Å². The lowest BCUT2D eigenvalue weighted by atomic mass is 10.5. The van der Waals surface area contributed by atoms with Gasteiger partial charge >= 0.3 is 6.03 Å². The molecule has 0 unspecified atom stereocenters. The van der Waals surface area contributed by atoms with E-state index in [0.29, 0.717) is 13.2 Å². The number of H-pyrrole nitrogens is 1. The number of rotatable bonds is 6. The monoisotopic (exact) mass is 242 g/mol. The SMILES string of the molecule is O=C(NCCOCCO)Nc1ccc(=O)[nH]n1. The second kappa shape index (κ2) is 7.36. The lowest BCUT2D eigenvalue weighted by Crippen LogP contribution is -2.32. The summed E-state index contributed by atoms with van der Waals surface area (Å²) in [5, 5.41) is 19.2. The Morgan fingerprint density at radius 1 is 1.47 bits per heavy atom. The van der Waals surface area contributed by atoms with Crippen LogP contribution in [0, 0.1) is 0 Å². The summed E-state index contributed by atoms with van der Waals surface area (Å²) >= 11 is 0. The topological polar surface area (TPSA) is 116 Å². The summed E-state index contributed by atoms with van der Waals surface area (Å²) < 4.78 is 4.94. The Balaban J connectivity index is 2.21. The molecular weight excluding hydrogens is 228 g/mol. The number of amides is 2. The number of hydrogen-bond donors (Lipinski definition) is 4. The van der Waals surface area contributed by atoms with Crippen LogP contribution in [0.5, 0.6) is 0 Å². The molecule has 0 aliphatic rings. The Morgan fingerprint density at radius 2 is 2.29 bits per heavy atom. The number of hydrogen-bond acceptors (Lipinski definition) is 5. The van der Waals surface area contributed by atoms with E-state index in [1.165, 1.54) is 12.1 Å². The van der Waals surface area contributed by atoms with E-state index in [0.717, 1.165) is 0 Å². The lowest BCUT2D eigenvalue weighted by Gasteiger charge is -2.06. The van der Waals surface area contributed by atoms with Crippen LogP contribution in [0.3, 0.4) is 0 Å². The van der Waals surface area contributed by atoms with Crippen molar-refractivity contribution in [3.8, 4) is 0 Å². The summed E-state index contributed by atoms with van der Waals surface area (Å²) in [5.41, 5.74) is -0.339. The molecule has 17 heavy (non-hydrogen) atoms. The highest BCUT2D eigenvalue weighted by Crippen LogP contribution is 1.94. The Kier molecular flexibility index (Phi) is 5.69. The second-order valence-corrected chi connectivity index (χ2v) is 3.02. The molecule has 0 fully saturated rings. The molecule has 2 amide bonds. The number of aromatic nitrogens is 2. The molecule has 0 spiro atoms. The van der Waals surface area contributed by atoms with Crippen molar-refractivity contribution in [3.05, 3.63) is 22.5 Å². The molecule has 94 valence electrons. The maximum Gasteiger partial charge on any atom is 0.320 e. The molecule has 0 saturated carbocycles. The van der Waals surface area contributed by atoms with E-state index in [1.54, 1.807) is 0 Å². The Labute approximate surface area is 97.0 Å². The molecule has 0 atom stereocenters. The number of nitrogens with one attached hydrogen (secondary N) is 3. The van der Waals surface area contributed by atoms with Crippen LogP contribution in [0.25, 0.3) is 0 Å². The molecule has 0 bridgehead atoms. The number of aliphatic hydroxyl groups is 1. The van der Waals surface area contributed by atoms with Crippen molar-refractivity contribution >= 4 is 11.8 Å². The van der Waals surface area contributed by atoms with Crippen molar-refractivity contribution in [2.45, 2.75) is 0 Å². The van der Waals surface area contributed by atoms with E-state index >= 15 is 0 Å². The number of nitrogens with zero attached hydrogens (tertiary/aromatic N) is 1. The molecule has 1 rings (SSSR count). The van der Waals surface area contributed by atoms with Crippen molar-refractivity contribution in [1.82, 2.24) is 15.5 Å². The van der Waals surface area contributed by atoms with E-state index in [-0.39, 0.29) is 24.6 Å². The summed E-state index contributed by atoms with van der Waals surface area (Å²) in [6.07, 6.45) is 0. The number of aliphatic hydroxyl groups excluding tert-OH is 1. The van der Waals surface area contributed by atoms with Crippen LogP contribution in [0.2, 0.25) is 0 Å². The molecule has 8 nitrogen and oxygen atoms in total. The molecule has 0 aliphatic heterocycles. The maximum absolute atomic E-state index is 11.3. The standard InChI is InChI=1S/C9H14N4O4/c14-4-6-17-5-3-10-9(16)11-7-1-2-8(15)13-12-7/h1-2,14H,3-6H2,(H,13,15)(H2,10,11,12,16). The van der Waals surface area contributed by atoms with Crippen LogP contribution in [0.4, 0.5) is 10.6 Å². The van der Waals surface area contributed by atoms with Gasteiger partial charge in [0.2, 0.25) is 0 Å². The average molecular weight is 242 g/mol. The zero-order valence-corrected chi connectivity index (χ0v) is 9.10. The summed E-state index contributed by atoms with van der Waals surface area (Å²) in [6.45, 7) is 0.820. The minimum Gasteiger partial charge on any atom is -0.394 e. The van der Waals surface area contributed by atoms with Crippen LogP contribution in [-0.4, -0.2) is 47.7 Å². The highest BCUT2D eigenvalue weighted by Gasteiger charge is 2.01. The van der Waals surface area contributed by atoms with Gasteiger partial charge in [0.25, 0.3) is 5.56 Å². The molecule has 4 N–H and O–H groups in total. The predicted molar refractivity (Wildman–Crippen MR) is 59.8 cm³/mol. The van der Waals surface area contributed by atoms with E-state index in [4.69, 9.17) is 9.84 Å². The van der Waals surface area contributed by atoms with Gasteiger partial charge in [0, 0.05) is 12.6 Å². The summed E-state index contributed by atoms with van der Waals surface area (Å²) in [6, 6.07) is 2.20. The van der Waals surface area contributed by atoms with Crippen molar-refractivity contribution in [2.24, 2.45) is 0 Å². The van der Waals surface area contributed by atoms with E-state index in [2.05, 4.69) is 20.8 Å². The van der Waals surface area contributed by atoms with Gasteiger partial charge in [-0.05, 0) is 6.07 Å². The zero-order chi connectivity index (χ0) is 12.5. The molecule has 0 aromatic carbocycles. The Morgan fingerprint density at radius 3 is 2.94 bits per heavy atom. The minimum absolute atomic E-state index is 0.0481. The van der Waals surface area contributed by atoms with Crippen molar-refractivity contribution in [2.75, 3.05) is 31.7 Å². The third kappa shape index (κ3) is 5.64. The molecular formula is C9H14N4O4. The smallest absolute Gasteiger partial charge is 0.320 e. The lowest BCUT2D eigenvalue weighted by molar-refractivity contribution is 0.0950. The number of anilines is 1. The van der Waals surface area contributed by atoms with Crippen LogP contribution in [0.15, 0.2) is 16.9 Å². The largest absolute Gasteiger partial charge is 0.394 e. The van der Waals surface area contributed by atoms with Gasteiger partial charge in [0.1, 0.15) is 0 Å². The average Bonchev–Trinajstić information content (AvgIpc) is 2.32. The second-order valence-electron chi connectivity index (χ2n) is 3.02. The normalized spacial score (nSPS) is 9.94. The van der Waals surface area contributed by atoms with Crippen LogP contribution in [-0.2, 0) is 4.74 Å². The quantitative estimate of drug-likeness (QED) is 0.472. The number of urea groups is 1. The number of aromatic amines is 1. The van der Waals surface area contributed by atoms with Crippen molar-refractivity contribution < 1.29 is 14.6 Å². The van der Waals surface area contributed by atoms with E-state index in [9.17, 15) is 9.59 Å². The van der Waals surface area contributed by atoms with Gasteiger partial charge in [0.05, 0.1) is 19.8 Å². The Bertz CT molecular complexity index is 386. The van der Waals surface area contributed by atoms with Gasteiger partial charge in [-0.1, -0.05) is 0 Å². The van der Waals surface area contributed by atoms with Crippen LogP contribution in [0.1, 0.15) is 0 Å². The Hall–Kier alpha value is -1.93. The maximum atomic E-state index is 11.3. The van der Waals surface area contributed by atoms with Crippen molar-refractivity contribution in [3.63, 3.8) is 0 Å². The molecule has 0 saturated heterocycles. The number of ether oxygens (including phenoxy) is 1. The fraction of sp³-hybridized carbons (Fsp3) is 0.444. The fourth-order valence-corrected chi connectivity index (χ4v) is 0.978. The van der Waals surface area contributed by atoms with Crippen LogP contribution < -0.4 is 16.2 Å². The highest BCUT2D eigenvalue weighted by atomic mass is 16.5. The number of carbonyl (C=O) groups is 1. The first-order chi connectivity index (χ1) is 8.22. The first-order valence-corrected chi connectivity index (χ1v) is 5.01. The van der Waals surface area contributed by atoms with Gasteiger partial charge in [-0.2, -0.15) is 5.10 Å². The van der Waals surface area contributed by atoms with E-state index in [1.807, 2.05) is 0 Å². The van der Waals surface area contributed by atoms with Crippen molar-refractivity contribution in [1.29, 1.82) is 0 Å². The van der Waals surface area contributed by atoms with Gasteiger partial charge in [-0.3, -0.25) is 10.1 Å². The first-order valence-electron chi connectivity index (χ1n) is 5.01. The van der Waals surface area contributed by atoms with Gasteiger partial charge in [-0.15, -0.1) is 0 Å². The van der Waals surface area contributed by atoms with Gasteiger partial charge < -0.3 is 15.2 Å². The summed E-state index contributed by atoms with van der Waals surface area (Å²) in [4.78, 5) is 22.0. The number of carbonyl (C=O) groups excluding carboxylic acids is 1. The molecule has 8 heteroatoms. The zero-order valence-electron chi connectivity index (χ0n) is 9.10. The molecule has 1 aromatic rings. The molecule has 1 aromatic heterocycles. The third-order valence-corrected chi connectivity index (χ3v) is 1.69.